The van der Waals surface area contributed by atoms with Crippen molar-refractivity contribution >= 4 is 0 Å². The van der Waals surface area contributed by atoms with Gasteiger partial charge in [0.25, 0.3) is 0 Å². The first-order valence-electron chi connectivity index (χ1n) is 7.14. The minimum atomic E-state index is 0.340. The normalized spacial score (nSPS) is 29.8. The fourth-order valence-corrected chi connectivity index (χ4v) is 3.74. The van der Waals surface area contributed by atoms with Gasteiger partial charge < -0.3 is 0 Å². The van der Waals surface area contributed by atoms with E-state index in [1.807, 2.05) is 0 Å². The van der Waals surface area contributed by atoms with Crippen LogP contribution in [0.25, 0.3) is 0 Å². The van der Waals surface area contributed by atoms with Crippen LogP contribution in [0.5, 0.6) is 0 Å². The highest BCUT2D eigenvalue weighted by atomic mass is 14.5. The molecule has 2 atom stereocenters. The highest BCUT2D eigenvalue weighted by Gasteiger charge is 2.40. The van der Waals surface area contributed by atoms with Gasteiger partial charge in [-0.1, -0.05) is 71.3 Å². The molecule has 96 valence electrons. The molecular formula is C17H28. The average Bonchev–Trinajstić information content (AvgIpc) is 2.60. The number of hydrogen-bond acceptors (Lipinski definition) is 0. The van der Waals surface area contributed by atoms with E-state index in [1.54, 1.807) is 11.1 Å². The zero-order valence-corrected chi connectivity index (χ0v) is 12.4. The summed E-state index contributed by atoms with van der Waals surface area (Å²) in [6.07, 6.45) is 9.10. The van der Waals surface area contributed by atoms with Crippen LogP contribution in [0.2, 0.25) is 0 Å². The Morgan fingerprint density at radius 1 is 0.765 bits per heavy atom. The van der Waals surface area contributed by atoms with Gasteiger partial charge in [0.2, 0.25) is 0 Å². The lowest BCUT2D eigenvalue weighted by Crippen LogP contribution is -2.28. The van der Waals surface area contributed by atoms with E-state index in [9.17, 15) is 0 Å². The van der Waals surface area contributed by atoms with Gasteiger partial charge in [-0.2, -0.15) is 0 Å². The molecule has 0 heteroatoms. The Morgan fingerprint density at radius 3 is 1.41 bits per heavy atom. The lowest BCUT2D eigenvalue weighted by Gasteiger charge is -2.39. The van der Waals surface area contributed by atoms with Crippen molar-refractivity contribution in [2.75, 3.05) is 0 Å². The monoisotopic (exact) mass is 232 g/mol. The molecule has 0 amide bonds. The summed E-state index contributed by atoms with van der Waals surface area (Å²) in [6.45, 7) is 14.2. The van der Waals surface area contributed by atoms with Crippen LogP contribution in [0, 0.1) is 22.7 Å². The number of allylic oxidation sites excluding steroid dienone is 4. The molecule has 0 heterocycles. The maximum atomic E-state index is 2.44. The Balaban J connectivity index is 2.41. The van der Waals surface area contributed by atoms with Crippen molar-refractivity contribution in [3.8, 4) is 0 Å². The second-order valence-electron chi connectivity index (χ2n) is 7.89. The molecule has 0 N–H and O–H groups in total. The Morgan fingerprint density at radius 2 is 1.12 bits per heavy atom. The van der Waals surface area contributed by atoms with Crippen LogP contribution in [0.15, 0.2) is 23.3 Å². The predicted molar refractivity (Wildman–Crippen MR) is 75.9 cm³/mol. The van der Waals surface area contributed by atoms with Crippen LogP contribution in [0.3, 0.4) is 0 Å². The van der Waals surface area contributed by atoms with Gasteiger partial charge in [0.15, 0.2) is 0 Å². The van der Waals surface area contributed by atoms with Gasteiger partial charge >= 0.3 is 0 Å². The van der Waals surface area contributed by atoms with Gasteiger partial charge in [0.1, 0.15) is 0 Å². The highest BCUT2D eigenvalue weighted by molar-refractivity contribution is 5.35. The molecule has 1 saturated carbocycles. The van der Waals surface area contributed by atoms with Crippen molar-refractivity contribution in [3.05, 3.63) is 23.3 Å². The van der Waals surface area contributed by atoms with E-state index in [4.69, 9.17) is 0 Å². The summed E-state index contributed by atoms with van der Waals surface area (Å²) in [5.41, 5.74) is 4.06. The lowest BCUT2D eigenvalue weighted by atomic mass is 9.65. The summed E-state index contributed by atoms with van der Waals surface area (Å²) in [7, 11) is 0. The smallest absolute Gasteiger partial charge is 0.0129 e. The van der Waals surface area contributed by atoms with Gasteiger partial charge in [-0.05, 0) is 35.5 Å². The first-order valence-corrected chi connectivity index (χ1v) is 7.14. The Kier molecular flexibility index (Phi) is 3.04. The molecule has 0 aromatic carbocycles. The molecule has 17 heavy (non-hydrogen) atoms. The zero-order valence-electron chi connectivity index (χ0n) is 12.4. The molecule has 0 nitrogen and oxygen atoms in total. The summed E-state index contributed by atoms with van der Waals surface area (Å²) in [6, 6.07) is 0. The van der Waals surface area contributed by atoms with E-state index < -0.39 is 0 Å². The molecule has 0 saturated heterocycles. The molecule has 0 radical (unpaired) electrons. The molecule has 0 aromatic heterocycles. The maximum absolute atomic E-state index is 2.44. The van der Waals surface area contributed by atoms with Crippen molar-refractivity contribution in [2.45, 2.75) is 60.8 Å². The van der Waals surface area contributed by atoms with Gasteiger partial charge in [-0.25, -0.2) is 0 Å². The third kappa shape index (κ3) is 2.37. The van der Waals surface area contributed by atoms with Crippen LogP contribution in [-0.2, 0) is 0 Å². The molecule has 0 aliphatic heterocycles. The highest BCUT2D eigenvalue weighted by Crippen LogP contribution is 2.52. The third-order valence-corrected chi connectivity index (χ3v) is 4.49. The van der Waals surface area contributed by atoms with E-state index in [1.165, 1.54) is 19.3 Å². The van der Waals surface area contributed by atoms with E-state index in [2.05, 4.69) is 53.7 Å². The largest absolute Gasteiger partial charge is 0.0622 e. The van der Waals surface area contributed by atoms with Crippen molar-refractivity contribution in [1.29, 1.82) is 0 Å². The molecule has 2 rings (SSSR count). The lowest BCUT2D eigenvalue weighted by molar-refractivity contribution is 0.333. The SMILES string of the molecule is CC(C)(C)C1=CC=C(C(C)(C)C)C2CCCC12. The van der Waals surface area contributed by atoms with E-state index in [-0.39, 0.29) is 0 Å². The summed E-state index contributed by atoms with van der Waals surface area (Å²) in [5.74, 6) is 1.66. The van der Waals surface area contributed by atoms with Gasteiger partial charge in [-0.3, -0.25) is 0 Å². The van der Waals surface area contributed by atoms with Crippen molar-refractivity contribution in [2.24, 2.45) is 22.7 Å². The van der Waals surface area contributed by atoms with Gasteiger partial charge in [-0.15, -0.1) is 0 Å². The first-order chi connectivity index (χ1) is 7.71. The molecule has 2 aliphatic carbocycles. The van der Waals surface area contributed by atoms with Crippen LogP contribution < -0.4 is 0 Å². The van der Waals surface area contributed by atoms with Crippen LogP contribution in [-0.4, -0.2) is 0 Å². The second kappa shape index (κ2) is 4.00. The molecule has 2 unspecified atom stereocenters. The minimum absolute atomic E-state index is 0.340. The number of hydrogen-bond donors (Lipinski definition) is 0. The quantitative estimate of drug-likeness (QED) is 0.527. The second-order valence-corrected chi connectivity index (χ2v) is 7.89. The third-order valence-electron chi connectivity index (χ3n) is 4.49. The van der Waals surface area contributed by atoms with Crippen LogP contribution in [0.4, 0.5) is 0 Å². The fourth-order valence-electron chi connectivity index (χ4n) is 3.74. The molecule has 0 bridgehead atoms. The molecule has 1 fully saturated rings. The van der Waals surface area contributed by atoms with E-state index in [0.717, 1.165) is 11.8 Å². The van der Waals surface area contributed by atoms with Gasteiger partial charge in [0.05, 0.1) is 0 Å². The van der Waals surface area contributed by atoms with Crippen molar-refractivity contribution < 1.29 is 0 Å². The maximum Gasteiger partial charge on any atom is -0.0129 e. The topological polar surface area (TPSA) is 0 Å². The number of rotatable bonds is 0. The summed E-state index contributed by atoms with van der Waals surface area (Å²) >= 11 is 0. The molecular weight excluding hydrogens is 204 g/mol. The van der Waals surface area contributed by atoms with Crippen LogP contribution in [0.1, 0.15) is 60.8 Å². The van der Waals surface area contributed by atoms with Crippen molar-refractivity contribution in [1.82, 2.24) is 0 Å². The molecule has 0 aromatic rings. The number of fused-ring (bicyclic) bond motifs is 1. The first kappa shape index (κ1) is 12.9. The van der Waals surface area contributed by atoms with Crippen LogP contribution >= 0.6 is 0 Å². The standard InChI is InChI=1S/C17H28/c1-16(2,3)14-10-11-15(17(4,5)6)13-9-7-8-12(13)14/h10-13H,7-9H2,1-6H3. The predicted octanol–water partition coefficient (Wildman–Crippen LogP) is 5.36. The molecule has 2 aliphatic rings. The summed E-state index contributed by atoms with van der Waals surface area (Å²) < 4.78 is 0. The Hall–Kier alpha value is -0.520. The van der Waals surface area contributed by atoms with Crippen molar-refractivity contribution in [3.63, 3.8) is 0 Å². The van der Waals surface area contributed by atoms with E-state index >= 15 is 0 Å². The zero-order chi connectivity index (χ0) is 12.8. The van der Waals surface area contributed by atoms with E-state index in [0.29, 0.717) is 10.8 Å². The van der Waals surface area contributed by atoms with Gasteiger partial charge in [0, 0.05) is 0 Å². The fraction of sp³-hybridized carbons (Fsp3) is 0.765. The minimum Gasteiger partial charge on any atom is -0.0622 e. The molecule has 0 spiro atoms. The Bertz CT molecular complexity index is 318. The average molecular weight is 232 g/mol. The summed E-state index contributed by atoms with van der Waals surface area (Å²) in [5, 5.41) is 0. The Labute approximate surface area is 107 Å². The summed E-state index contributed by atoms with van der Waals surface area (Å²) in [4.78, 5) is 0.